The van der Waals surface area contributed by atoms with Crippen LogP contribution in [0, 0.1) is 6.92 Å². The second kappa shape index (κ2) is 10.1. The number of fused-ring (bicyclic) bond motifs is 1. The van der Waals surface area contributed by atoms with Gasteiger partial charge in [0.05, 0.1) is 18.6 Å². The van der Waals surface area contributed by atoms with E-state index in [9.17, 15) is 9.59 Å². The third-order valence-electron chi connectivity index (χ3n) is 5.89. The summed E-state index contributed by atoms with van der Waals surface area (Å²) in [6, 6.07) is 19.4. The number of nitrogens with zero attached hydrogens (tertiary/aromatic N) is 1. The highest BCUT2D eigenvalue weighted by Crippen LogP contribution is 2.44. The van der Waals surface area contributed by atoms with Gasteiger partial charge in [-0.1, -0.05) is 54.1 Å². The lowest BCUT2D eigenvalue weighted by molar-refractivity contribution is -0.124. The lowest BCUT2D eigenvalue weighted by Crippen LogP contribution is -2.48. The average molecular weight is 449 g/mol. The lowest BCUT2D eigenvalue weighted by Gasteiger charge is -2.41. The summed E-state index contributed by atoms with van der Waals surface area (Å²) in [5, 5.41) is 5.13. The van der Waals surface area contributed by atoms with E-state index >= 15 is 0 Å². The average Bonchev–Trinajstić information content (AvgIpc) is 3.33. The molecule has 0 bridgehead atoms. The van der Waals surface area contributed by atoms with Gasteiger partial charge in [-0.05, 0) is 42.0 Å². The number of carbonyl (C=O) groups excluding carboxylic acids is 2. The fraction of sp³-hybridized carbons (Fsp3) is 0.308. The normalized spacial score (nSPS) is 17.8. The van der Waals surface area contributed by atoms with E-state index in [1.807, 2.05) is 47.8 Å². The van der Waals surface area contributed by atoms with E-state index in [1.54, 1.807) is 23.3 Å². The van der Waals surface area contributed by atoms with Crippen molar-refractivity contribution >= 4 is 23.2 Å². The van der Waals surface area contributed by atoms with Crippen molar-refractivity contribution in [3.05, 3.63) is 93.2 Å². The molecule has 2 heterocycles. The molecule has 1 aromatic heterocycles. The summed E-state index contributed by atoms with van der Waals surface area (Å²) >= 11 is 1.57. The third-order valence-corrected chi connectivity index (χ3v) is 6.83. The summed E-state index contributed by atoms with van der Waals surface area (Å²) in [5.41, 5.74) is 3.79. The molecule has 5 nitrogen and oxygen atoms in total. The second-order valence-corrected chi connectivity index (χ2v) is 9.03. The summed E-state index contributed by atoms with van der Waals surface area (Å²) < 4.78 is 5.27. The Morgan fingerprint density at radius 2 is 1.97 bits per heavy atom. The molecule has 2 amide bonds. The Morgan fingerprint density at radius 1 is 1.12 bits per heavy atom. The van der Waals surface area contributed by atoms with E-state index in [0.29, 0.717) is 25.3 Å². The fourth-order valence-electron chi connectivity index (χ4n) is 4.39. The number of benzene rings is 2. The van der Waals surface area contributed by atoms with Crippen molar-refractivity contribution in [2.75, 3.05) is 26.8 Å². The number of thiophene rings is 1. The number of carbonyl (C=O) groups is 2. The van der Waals surface area contributed by atoms with Gasteiger partial charge in [0.2, 0.25) is 5.91 Å². The molecule has 3 aromatic rings. The molecular weight excluding hydrogens is 420 g/mol. The van der Waals surface area contributed by atoms with Gasteiger partial charge in [0.15, 0.2) is 0 Å². The number of aryl methyl sites for hydroxylation is 1. The molecule has 0 radical (unpaired) electrons. The van der Waals surface area contributed by atoms with Crippen LogP contribution in [0.15, 0.2) is 66.0 Å². The molecule has 166 valence electrons. The van der Waals surface area contributed by atoms with Crippen LogP contribution in [-0.2, 0) is 16.0 Å². The van der Waals surface area contributed by atoms with Crippen molar-refractivity contribution in [1.82, 2.24) is 10.2 Å². The Kier molecular flexibility index (Phi) is 7.02. The molecule has 0 spiro atoms. The van der Waals surface area contributed by atoms with E-state index in [1.165, 1.54) is 11.1 Å². The van der Waals surface area contributed by atoms with Crippen LogP contribution < -0.4 is 5.32 Å². The van der Waals surface area contributed by atoms with E-state index < -0.39 is 5.92 Å². The minimum atomic E-state index is -0.475. The van der Waals surface area contributed by atoms with Gasteiger partial charge >= 0.3 is 0 Å². The Morgan fingerprint density at radius 3 is 2.72 bits per heavy atom. The number of methoxy groups -OCH3 is 1. The van der Waals surface area contributed by atoms with Crippen LogP contribution in [0.25, 0.3) is 0 Å². The van der Waals surface area contributed by atoms with E-state index in [2.05, 4.69) is 30.4 Å². The van der Waals surface area contributed by atoms with Crippen LogP contribution in [0.3, 0.4) is 0 Å². The summed E-state index contributed by atoms with van der Waals surface area (Å²) in [7, 11) is 1.62. The Balaban J connectivity index is 1.63. The summed E-state index contributed by atoms with van der Waals surface area (Å²) in [6.45, 7) is 3.46. The molecule has 32 heavy (non-hydrogen) atoms. The SMILES string of the molecule is COCCN1C(=O)c2ccccc2[C@H](C(=O)NCCc2cccc(C)c2)[C@H]1c1cccs1. The van der Waals surface area contributed by atoms with Gasteiger partial charge in [-0.2, -0.15) is 0 Å². The number of hydrogen-bond acceptors (Lipinski definition) is 4. The molecule has 1 N–H and O–H groups in total. The van der Waals surface area contributed by atoms with Gasteiger partial charge in [0.1, 0.15) is 0 Å². The van der Waals surface area contributed by atoms with Crippen LogP contribution in [0.1, 0.15) is 43.9 Å². The van der Waals surface area contributed by atoms with E-state index in [4.69, 9.17) is 4.74 Å². The van der Waals surface area contributed by atoms with E-state index in [-0.39, 0.29) is 17.9 Å². The predicted octanol–water partition coefficient (Wildman–Crippen LogP) is 4.34. The van der Waals surface area contributed by atoms with Crippen molar-refractivity contribution in [2.24, 2.45) is 0 Å². The maximum Gasteiger partial charge on any atom is 0.254 e. The number of ether oxygens (including phenoxy) is 1. The van der Waals surface area contributed by atoms with Gasteiger partial charge in [-0.3, -0.25) is 9.59 Å². The van der Waals surface area contributed by atoms with Crippen molar-refractivity contribution in [3.63, 3.8) is 0 Å². The van der Waals surface area contributed by atoms with Crippen LogP contribution in [0.2, 0.25) is 0 Å². The third kappa shape index (κ3) is 4.61. The first kappa shape index (κ1) is 22.2. The molecule has 1 aliphatic heterocycles. The Labute approximate surface area is 193 Å². The zero-order chi connectivity index (χ0) is 22.5. The van der Waals surface area contributed by atoms with Crippen LogP contribution in [0.4, 0.5) is 0 Å². The summed E-state index contributed by atoms with van der Waals surface area (Å²) in [4.78, 5) is 29.7. The van der Waals surface area contributed by atoms with Gasteiger partial charge in [0.25, 0.3) is 5.91 Å². The van der Waals surface area contributed by atoms with E-state index in [0.717, 1.165) is 16.9 Å². The maximum absolute atomic E-state index is 13.6. The molecule has 0 fully saturated rings. The van der Waals surface area contributed by atoms with Crippen LogP contribution in [-0.4, -0.2) is 43.5 Å². The molecule has 2 atom stereocenters. The molecule has 2 aromatic carbocycles. The zero-order valence-electron chi connectivity index (χ0n) is 18.4. The maximum atomic E-state index is 13.6. The fourth-order valence-corrected chi connectivity index (χ4v) is 5.27. The first-order valence-corrected chi connectivity index (χ1v) is 11.7. The van der Waals surface area contributed by atoms with Gasteiger partial charge in [-0.15, -0.1) is 11.3 Å². The molecule has 6 heteroatoms. The summed E-state index contributed by atoms with van der Waals surface area (Å²) in [6.07, 6.45) is 0.762. The number of rotatable bonds is 8. The van der Waals surface area contributed by atoms with Gasteiger partial charge in [0, 0.05) is 30.6 Å². The highest BCUT2D eigenvalue weighted by atomic mass is 32.1. The first-order chi connectivity index (χ1) is 15.6. The minimum absolute atomic E-state index is 0.0557. The topological polar surface area (TPSA) is 58.6 Å². The molecule has 1 aliphatic rings. The molecule has 0 saturated heterocycles. The highest BCUT2D eigenvalue weighted by Gasteiger charge is 2.44. The first-order valence-electron chi connectivity index (χ1n) is 10.9. The predicted molar refractivity (Wildman–Crippen MR) is 127 cm³/mol. The minimum Gasteiger partial charge on any atom is -0.383 e. The zero-order valence-corrected chi connectivity index (χ0v) is 19.2. The lowest BCUT2D eigenvalue weighted by atomic mass is 9.81. The number of amides is 2. The molecular formula is C26H28N2O3S. The van der Waals surface area contributed by atoms with Crippen LogP contribution in [0.5, 0.6) is 0 Å². The molecule has 0 aliphatic carbocycles. The monoisotopic (exact) mass is 448 g/mol. The highest BCUT2D eigenvalue weighted by molar-refractivity contribution is 7.10. The molecule has 4 rings (SSSR count). The molecule has 0 saturated carbocycles. The van der Waals surface area contributed by atoms with Crippen molar-refractivity contribution in [2.45, 2.75) is 25.3 Å². The van der Waals surface area contributed by atoms with Crippen molar-refractivity contribution in [3.8, 4) is 0 Å². The standard InChI is InChI=1S/C26H28N2O3S/c1-18-7-5-8-19(17-18)12-13-27-25(29)23-20-9-3-4-10-21(20)26(30)28(14-15-31-2)24(23)22-11-6-16-32-22/h3-11,16-17,23-24H,12-15H2,1-2H3,(H,27,29)/t23-,24+/m0/s1. The van der Waals surface area contributed by atoms with Crippen molar-refractivity contribution in [1.29, 1.82) is 0 Å². The quantitative estimate of drug-likeness (QED) is 0.558. The number of nitrogens with one attached hydrogen (secondary N) is 1. The molecule has 0 unspecified atom stereocenters. The second-order valence-electron chi connectivity index (χ2n) is 8.05. The largest absolute Gasteiger partial charge is 0.383 e. The van der Waals surface area contributed by atoms with Gasteiger partial charge in [-0.25, -0.2) is 0 Å². The smallest absolute Gasteiger partial charge is 0.254 e. The number of hydrogen-bond donors (Lipinski definition) is 1. The van der Waals surface area contributed by atoms with Crippen molar-refractivity contribution < 1.29 is 14.3 Å². The summed E-state index contributed by atoms with van der Waals surface area (Å²) in [5.74, 6) is -0.588. The Hall–Kier alpha value is -2.96. The van der Waals surface area contributed by atoms with Crippen LogP contribution >= 0.6 is 11.3 Å². The Bertz CT molecular complexity index is 1080. The van der Waals surface area contributed by atoms with Gasteiger partial charge < -0.3 is 15.0 Å².